The minimum atomic E-state index is 0.286. The van der Waals surface area contributed by atoms with Gasteiger partial charge in [-0.05, 0) is 24.3 Å². The summed E-state index contributed by atoms with van der Waals surface area (Å²) in [5.74, 6) is 1.65. The fourth-order valence-electron chi connectivity index (χ4n) is 2.77. The molecule has 1 saturated carbocycles. The molecule has 1 aromatic heterocycles. The van der Waals surface area contributed by atoms with Gasteiger partial charge in [-0.15, -0.1) is 0 Å². The molecule has 1 saturated heterocycles. The summed E-state index contributed by atoms with van der Waals surface area (Å²) in [5.41, 5.74) is 1.26. The summed E-state index contributed by atoms with van der Waals surface area (Å²) in [5, 5.41) is 0. The molecule has 0 amide bonds. The van der Waals surface area contributed by atoms with Crippen LogP contribution in [0.25, 0.3) is 0 Å². The van der Waals surface area contributed by atoms with Crippen molar-refractivity contribution in [2.75, 3.05) is 18.0 Å². The van der Waals surface area contributed by atoms with Gasteiger partial charge in [0.15, 0.2) is 5.78 Å². The van der Waals surface area contributed by atoms with E-state index in [1.807, 2.05) is 17.3 Å². The van der Waals surface area contributed by atoms with E-state index in [0.29, 0.717) is 24.8 Å². The van der Waals surface area contributed by atoms with Gasteiger partial charge in [-0.25, -0.2) is 9.97 Å². The number of hydrogen-bond acceptors (Lipinski definition) is 4. The highest BCUT2D eigenvalue weighted by Crippen LogP contribution is 2.33. The number of carbonyl (C=O) groups excluding carboxylic acids is 1. The number of rotatable bonds is 2. The van der Waals surface area contributed by atoms with Crippen LogP contribution in [0.4, 0.5) is 5.95 Å². The first-order chi connectivity index (χ1) is 8.33. The van der Waals surface area contributed by atoms with E-state index in [9.17, 15) is 4.79 Å². The summed E-state index contributed by atoms with van der Waals surface area (Å²) in [6.07, 6.45) is 9.71. The second-order valence-corrected chi connectivity index (χ2v) is 5.01. The Bertz CT molecular complexity index is 409. The molecule has 0 atom stereocenters. The first-order valence-corrected chi connectivity index (χ1v) is 6.41. The highest BCUT2D eigenvalue weighted by Gasteiger charge is 2.22. The van der Waals surface area contributed by atoms with Crippen molar-refractivity contribution in [2.24, 2.45) is 0 Å². The van der Waals surface area contributed by atoms with Crippen LogP contribution in [0.2, 0.25) is 0 Å². The van der Waals surface area contributed by atoms with E-state index in [2.05, 4.69) is 9.97 Å². The summed E-state index contributed by atoms with van der Waals surface area (Å²) in [6.45, 7) is 1.24. The van der Waals surface area contributed by atoms with Crippen LogP contribution in [-0.2, 0) is 4.79 Å². The molecule has 1 aromatic rings. The van der Waals surface area contributed by atoms with Gasteiger partial charge < -0.3 is 4.90 Å². The summed E-state index contributed by atoms with van der Waals surface area (Å²) in [7, 11) is 0. The monoisotopic (exact) mass is 231 g/mol. The second-order valence-electron chi connectivity index (χ2n) is 5.01. The Hall–Kier alpha value is -1.45. The van der Waals surface area contributed by atoms with Crippen LogP contribution in [0.1, 0.15) is 43.6 Å². The molecular weight excluding hydrogens is 214 g/mol. The first-order valence-electron chi connectivity index (χ1n) is 6.41. The summed E-state index contributed by atoms with van der Waals surface area (Å²) < 4.78 is 0. The predicted octanol–water partition coefficient (Wildman–Crippen LogP) is 1.91. The van der Waals surface area contributed by atoms with Crippen molar-refractivity contribution in [2.45, 2.75) is 38.0 Å². The number of carbonyl (C=O) groups is 1. The zero-order valence-electron chi connectivity index (χ0n) is 9.93. The van der Waals surface area contributed by atoms with Crippen molar-refractivity contribution in [3.05, 3.63) is 18.0 Å². The van der Waals surface area contributed by atoms with E-state index < -0.39 is 0 Å². The van der Waals surface area contributed by atoms with Crippen LogP contribution < -0.4 is 4.90 Å². The standard InChI is InChI=1S/C13H17N3O/c17-12-5-6-16(9-12)13-14-7-11(8-15-13)10-3-1-2-4-10/h7-8,10H,1-6,9H2. The van der Waals surface area contributed by atoms with E-state index in [1.54, 1.807) is 0 Å². The lowest BCUT2D eigenvalue weighted by molar-refractivity contribution is -0.116. The fourth-order valence-corrected chi connectivity index (χ4v) is 2.77. The van der Waals surface area contributed by atoms with Crippen molar-refractivity contribution in [1.82, 2.24) is 9.97 Å². The Labute approximate surface area is 101 Å². The average Bonchev–Trinajstić information content (AvgIpc) is 3.00. The van der Waals surface area contributed by atoms with Gasteiger partial charge in [-0.2, -0.15) is 0 Å². The molecule has 1 aliphatic heterocycles. The molecule has 2 heterocycles. The van der Waals surface area contributed by atoms with Crippen LogP contribution in [-0.4, -0.2) is 28.8 Å². The predicted molar refractivity (Wildman–Crippen MR) is 65.1 cm³/mol. The normalized spacial score (nSPS) is 21.4. The van der Waals surface area contributed by atoms with Gasteiger partial charge in [0.1, 0.15) is 0 Å². The Balaban J connectivity index is 1.73. The van der Waals surface area contributed by atoms with Crippen LogP contribution in [0.3, 0.4) is 0 Å². The number of Topliss-reactive ketones (excluding diaryl/α,β-unsaturated/α-hetero) is 1. The highest BCUT2D eigenvalue weighted by atomic mass is 16.1. The fraction of sp³-hybridized carbons (Fsp3) is 0.615. The Morgan fingerprint density at radius 3 is 2.47 bits per heavy atom. The molecule has 17 heavy (non-hydrogen) atoms. The molecule has 90 valence electrons. The van der Waals surface area contributed by atoms with Gasteiger partial charge in [0.2, 0.25) is 5.95 Å². The molecule has 0 radical (unpaired) electrons. The zero-order chi connectivity index (χ0) is 11.7. The third kappa shape index (κ3) is 2.16. The minimum Gasteiger partial charge on any atom is -0.333 e. The van der Waals surface area contributed by atoms with Gasteiger partial charge in [0.25, 0.3) is 0 Å². The smallest absolute Gasteiger partial charge is 0.225 e. The van der Waals surface area contributed by atoms with E-state index in [-0.39, 0.29) is 5.78 Å². The third-order valence-corrected chi connectivity index (χ3v) is 3.80. The lowest BCUT2D eigenvalue weighted by Gasteiger charge is -2.15. The van der Waals surface area contributed by atoms with Crippen molar-refractivity contribution in [3.8, 4) is 0 Å². The number of nitrogens with zero attached hydrogens (tertiary/aromatic N) is 3. The minimum absolute atomic E-state index is 0.286. The van der Waals surface area contributed by atoms with Crippen LogP contribution in [0.5, 0.6) is 0 Å². The Morgan fingerprint density at radius 2 is 1.88 bits per heavy atom. The van der Waals surface area contributed by atoms with E-state index in [0.717, 1.165) is 6.54 Å². The van der Waals surface area contributed by atoms with Crippen molar-refractivity contribution in [3.63, 3.8) is 0 Å². The number of hydrogen-bond donors (Lipinski definition) is 0. The molecule has 1 aliphatic carbocycles. The quantitative estimate of drug-likeness (QED) is 0.780. The molecule has 3 rings (SSSR count). The van der Waals surface area contributed by atoms with Crippen molar-refractivity contribution < 1.29 is 4.79 Å². The zero-order valence-corrected chi connectivity index (χ0v) is 9.93. The molecule has 4 heteroatoms. The molecule has 0 unspecified atom stereocenters. The summed E-state index contributed by atoms with van der Waals surface area (Å²) >= 11 is 0. The summed E-state index contributed by atoms with van der Waals surface area (Å²) in [4.78, 5) is 22.0. The Morgan fingerprint density at radius 1 is 1.18 bits per heavy atom. The number of ketones is 1. The number of anilines is 1. The van der Waals surface area contributed by atoms with Gasteiger partial charge >= 0.3 is 0 Å². The second kappa shape index (κ2) is 4.43. The largest absolute Gasteiger partial charge is 0.333 e. The lowest BCUT2D eigenvalue weighted by atomic mass is 10.0. The first kappa shape index (κ1) is 10.7. The molecule has 0 spiro atoms. The summed E-state index contributed by atoms with van der Waals surface area (Å²) in [6, 6.07) is 0. The van der Waals surface area contributed by atoms with Crippen LogP contribution >= 0.6 is 0 Å². The molecule has 2 fully saturated rings. The van der Waals surface area contributed by atoms with E-state index in [1.165, 1.54) is 31.2 Å². The van der Waals surface area contributed by atoms with Gasteiger partial charge in [0.05, 0.1) is 6.54 Å². The van der Waals surface area contributed by atoms with E-state index in [4.69, 9.17) is 0 Å². The molecule has 0 aromatic carbocycles. The van der Waals surface area contributed by atoms with Crippen LogP contribution in [0, 0.1) is 0 Å². The van der Waals surface area contributed by atoms with E-state index >= 15 is 0 Å². The van der Waals surface area contributed by atoms with Gasteiger partial charge in [-0.3, -0.25) is 4.79 Å². The molecular formula is C13H17N3O. The molecule has 2 aliphatic rings. The maximum absolute atomic E-state index is 11.2. The van der Waals surface area contributed by atoms with Crippen LogP contribution in [0.15, 0.2) is 12.4 Å². The number of aromatic nitrogens is 2. The maximum atomic E-state index is 11.2. The molecule has 0 bridgehead atoms. The topological polar surface area (TPSA) is 46.1 Å². The molecule has 0 N–H and O–H groups in total. The third-order valence-electron chi connectivity index (χ3n) is 3.80. The lowest BCUT2D eigenvalue weighted by Crippen LogP contribution is -2.22. The van der Waals surface area contributed by atoms with Gasteiger partial charge in [0, 0.05) is 25.4 Å². The Kier molecular flexibility index (Phi) is 2.79. The maximum Gasteiger partial charge on any atom is 0.225 e. The highest BCUT2D eigenvalue weighted by molar-refractivity contribution is 5.86. The SMILES string of the molecule is O=C1CCN(c2ncc(C3CCCC3)cn2)C1. The molecule has 4 nitrogen and oxygen atoms in total. The average molecular weight is 231 g/mol. The van der Waals surface area contributed by atoms with Gasteiger partial charge in [-0.1, -0.05) is 12.8 Å². The van der Waals surface area contributed by atoms with Crippen molar-refractivity contribution >= 4 is 11.7 Å². The van der Waals surface area contributed by atoms with Crippen molar-refractivity contribution in [1.29, 1.82) is 0 Å².